The van der Waals surface area contributed by atoms with Crippen molar-refractivity contribution in [1.82, 2.24) is 16.0 Å². The van der Waals surface area contributed by atoms with Crippen molar-refractivity contribution in [3.05, 3.63) is 0 Å². The molecule has 170 valence electrons. The second-order valence-electron chi connectivity index (χ2n) is 6.26. The van der Waals surface area contributed by atoms with Gasteiger partial charge in [0.05, 0.1) is 6.04 Å². The van der Waals surface area contributed by atoms with Crippen molar-refractivity contribution in [2.24, 2.45) is 22.2 Å². The Morgan fingerprint density at radius 3 is 2.13 bits per heavy atom. The number of nitrogens with two attached hydrogens (primary N) is 3. The zero-order chi connectivity index (χ0) is 23.1. The van der Waals surface area contributed by atoms with Gasteiger partial charge in [-0.05, 0) is 19.3 Å². The van der Waals surface area contributed by atoms with Crippen LogP contribution in [0.5, 0.6) is 0 Å². The van der Waals surface area contributed by atoms with Gasteiger partial charge in [0.15, 0.2) is 5.96 Å². The van der Waals surface area contributed by atoms with Crippen LogP contribution in [0.3, 0.4) is 0 Å². The molecule has 0 rings (SSSR count). The van der Waals surface area contributed by atoms with E-state index in [4.69, 9.17) is 27.4 Å². The molecule has 11 N–H and O–H groups in total. The fraction of sp³-hybridized carbons (Fsp3) is 0.625. The molecule has 14 heteroatoms. The molecule has 0 unspecified atom stereocenters. The van der Waals surface area contributed by atoms with Crippen LogP contribution in [0.2, 0.25) is 0 Å². The topological polar surface area (TPSA) is 252 Å². The fourth-order valence-corrected chi connectivity index (χ4v) is 2.17. The van der Waals surface area contributed by atoms with Crippen LogP contribution in [0, 0.1) is 0 Å². The second-order valence-corrected chi connectivity index (χ2v) is 6.26. The van der Waals surface area contributed by atoms with Gasteiger partial charge in [0.25, 0.3) is 0 Å². The van der Waals surface area contributed by atoms with E-state index < -0.39 is 48.3 Å². The van der Waals surface area contributed by atoms with Crippen LogP contribution in [0.15, 0.2) is 4.99 Å². The van der Waals surface area contributed by atoms with Crippen LogP contribution in [-0.4, -0.2) is 77.6 Å². The second kappa shape index (κ2) is 14.6. The molecule has 0 aromatic rings. The van der Waals surface area contributed by atoms with Gasteiger partial charge in [-0.2, -0.15) is 0 Å². The van der Waals surface area contributed by atoms with Crippen LogP contribution in [0.25, 0.3) is 0 Å². The maximum Gasteiger partial charge on any atom is 0.322 e. The highest BCUT2D eigenvalue weighted by Crippen LogP contribution is 2.00. The summed E-state index contributed by atoms with van der Waals surface area (Å²) in [6, 6.07) is -2.03. The molecule has 0 saturated carbocycles. The van der Waals surface area contributed by atoms with Gasteiger partial charge in [0, 0.05) is 25.9 Å². The number of nitrogens with one attached hydrogen (secondary N) is 3. The quantitative estimate of drug-likeness (QED) is 0.0718. The standard InChI is InChI=1S/C16H29N7O7/c17-9(3-4-12(25)26)14(29)20-7-5-11(24)23-10(2-1-6-21-16(18)19)15(30)22-8-13(27)28/h9-10H,1-8,17H2,(H,20,29)(H,22,30)(H,23,24)(H,25,26)(H,27,28)(H4,18,19,21)/t9-,10-/m0/s1. The number of nitrogens with zero attached hydrogens (tertiary/aromatic N) is 1. The van der Waals surface area contributed by atoms with Crippen LogP contribution < -0.4 is 33.2 Å². The lowest BCUT2D eigenvalue weighted by atomic mass is 10.1. The lowest BCUT2D eigenvalue weighted by Gasteiger charge is -2.18. The molecule has 0 saturated heterocycles. The zero-order valence-electron chi connectivity index (χ0n) is 16.4. The van der Waals surface area contributed by atoms with Crippen molar-refractivity contribution in [3.63, 3.8) is 0 Å². The molecule has 0 aliphatic heterocycles. The van der Waals surface area contributed by atoms with Gasteiger partial charge >= 0.3 is 11.9 Å². The summed E-state index contributed by atoms with van der Waals surface area (Å²) in [5.41, 5.74) is 16.0. The number of aliphatic carboxylic acids is 2. The summed E-state index contributed by atoms with van der Waals surface area (Å²) in [7, 11) is 0. The summed E-state index contributed by atoms with van der Waals surface area (Å²) in [5, 5.41) is 24.3. The molecule has 0 aliphatic carbocycles. The Hall–Kier alpha value is -3.42. The van der Waals surface area contributed by atoms with E-state index in [9.17, 15) is 24.0 Å². The minimum atomic E-state index is -1.24. The summed E-state index contributed by atoms with van der Waals surface area (Å²) in [6.45, 7) is -0.475. The first kappa shape index (κ1) is 26.6. The number of carboxylic acid groups (broad SMARTS) is 2. The number of hydrogen-bond acceptors (Lipinski definition) is 7. The minimum Gasteiger partial charge on any atom is -0.481 e. The number of hydrogen-bond donors (Lipinski definition) is 8. The van der Waals surface area contributed by atoms with E-state index >= 15 is 0 Å². The van der Waals surface area contributed by atoms with E-state index in [1.807, 2.05) is 0 Å². The highest BCUT2D eigenvalue weighted by Gasteiger charge is 2.21. The normalized spacial score (nSPS) is 12.2. The summed E-state index contributed by atoms with van der Waals surface area (Å²) in [5.74, 6) is -4.29. The maximum absolute atomic E-state index is 12.1. The first-order valence-electron chi connectivity index (χ1n) is 9.12. The average Bonchev–Trinajstić information content (AvgIpc) is 2.65. The number of rotatable bonds is 15. The summed E-state index contributed by atoms with van der Waals surface area (Å²) in [6.07, 6.45) is 0.0178. The van der Waals surface area contributed by atoms with Crippen molar-refractivity contribution in [1.29, 1.82) is 0 Å². The number of carboxylic acids is 2. The summed E-state index contributed by atoms with van der Waals surface area (Å²) >= 11 is 0. The van der Waals surface area contributed by atoms with Gasteiger partial charge in [-0.15, -0.1) is 0 Å². The predicted octanol–water partition coefficient (Wildman–Crippen LogP) is -3.58. The largest absolute Gasteiger partial charge is 0.481 e. The molecule has 0 radical (unpaired) electrons. The average molecular weight is 431 g/mol. The molecular formula is C16H29N7O7. The van der Waals surface area contributed by atoms with Crippen molar-refractivity contribution in [2.45, 2.75) is 44.2 Å². The van der Waals surface area contributed by atoms with Crippen LogP contribution in [0.1, 0.15) is 32.1 Å². The highest BCUT2D eigenvalue weighted by molar-refractivity contribution is 5.89. The lowest BCUT2D eigenvalue weighted by Crippen LogP contribution is -2.48. The minimum absolute atomic E-state index is 0.0466. The Morgan fingerprint density at radius 1 is 0.900 bits per heavy atom. The molecule has 0 aromatic carbocycles. The Morgan fingerprint density at radius 2 is 1.57 bits per heavy atom. The fourth-order valence-electron chi connectivity index (χ4n) is 2.17. The van der Waals surface area contributed by atoms with Crippen molar-refractivity contribution < 1.29 is 34.2 Å². The molecule has 0 fully saturated rings. The predicted molar refractivity (Wildman–Crippen MR) is 105 cm³/mol. The van der Waals surface area contributed by atoms with E-state index in [0.717, 1.165) is 0 Å². The van der Waals surface area contributed by atoms with E-state index in [2.05, 4.69) is 20.9 Å². The number of amides is 3. The lowest BCUT2D eigenvalue weighted by molar-refractivity contribution is -0.138. The van der Waals surface area contributed by atoms with Gasteiger partial charge in [-0.25, -0.2) is 0 Å². The molecular weight excluding hydrogens is 402 g/mol. The molecule has 0 bridgehead atoms. The first-order chi connectivity index (χ1) is 14.0. The van der Waals surface area contributed by atoms with Crippen LogP contribution in [0.4, 0.5) is 0 Å². The van der Waals surface area contributed by atoms with Gasteiger partial charge in [-0.1, -0.05) is 0 Å². The van der Waals surface area contributed by atoms with Gasteiger partial charge in [0.2, 0.25) is 17.7 Å². The first-order valence-corrected chi connectivity index (χ1v) is 9.12. The van der Waals surface area contributed by atoms with Gasteiger partial charge in [-0.3, -0.25) is 29.0 Å². The van der Waals surface area contributed by atoms with Crippen LogP contribution >= 0.6 is 0 Å². The summed E-state index contributed by atoms with van der Waals surface area (Å²) < 4.78 is 0. The van der Waals surface area contributed by atoms with Crippen molar-refractivity contribution in [3.8, 4) is 0 Å². The Kier molecular flexibility index (Phi) is 12.9. The van der Waals surface area contributed by atoms with Gasteiger partial charge < -0.3 is 43.4 Å². The molecule has 14 nitrogen and oxygen atoms in total. The molecule has 0 aliphatic rings. The Labute approximate surface area is 172 Å². The molecule has 30 heavy (non-hydrogen) atoms. The number of aliphatic imine (C=N–C) groups is 1. The van der Waals surface area contributed by atoms with E-state index in [1.165, 1.54) is 0 Å². The van der Waals surface area contributed by atoms with Crippen LogP contribution in [-0.2, 0) is 24.0 Å². The smallest absolute Gasteiger partial charge is 0.322 e. The van der Waals surface area contributed by atoms with E-state index in [1.54, 1.807) is 0 Å². The highest BCUT2D eigenvalue weighted by atomic mass is 16.4. The molecule has 3 amide bonds. The Balaban J connectivity index is 4.54. The Bertz CT molecular complexity index is 650. The summed E-state index contributed by atoms with van der Waals surface area (Å²) in [4.78, 5) is 60.7. The zero-order valence-corrected chi connectivity index (χ0v) is 16.4. The number of carbonyl (C=O) groups excluding carboxylic acids is 3. The monoisotopic (exact) mass is 431 g/mol. The van der Waals surface area contributed by atoms with Crippen molar-refractivity contribution in [2.75, 3.05) is 19.6 Å². The number of guanidine groups is 1. The molecule has 0 spiro atoms. The molecule has 2 atom stereocenters. The molecule has 0 heterocycles. The van der Waals surface area contributed by atoms with E-state index in [0.29, 0.717) is 6.42 Å². The number of carbonyl (C=O) groups is 5. The SMILES string of the molecule is NC(N)=NCCC[C@H](NC(=O)CCNC(=O)[C@@H](N)CCC(=O)O)C(=O)NCC(=O)O. The van der Waals surface area contributed by atoms with Gasteiger partial charge in [0.1, 0.15) is 12.6 Å². The third kappa shape index (κ3) is 13.7. The third-order valence-corrected chi connectivity index (χ3v) is 3.67. The van der Waals surface area contributed by atoms with Crippen molar-refractivity contribution >= 4 is 35.6 Å². The molecule has 0 aromatic heterocycles. The van der Waals surface area contributed by atoms with E-state index in [-0.39, 0.29) is 44.7 Å². The third-order valence-electron chi connectivity index (χ3n) is 3.67. The maximum atomic E-state index is 12.1.